The van der Waals surface area contributed by atoms with Crippen molar-refractivity contribution < 1.29 is 24.3 Å². The highest BCUT2D eigenvalue weighted by molar-refractivity contribution is 6.23. The van der Waals surface area contributed by atoms with Crippen molar-refractivity contribution >= 4 is 40.2 Å². The molecule has 0 bridgehead atoms. The number of rotatable bonds is 8. The van der Waals surface area contributed by atoms with Crippen LogP contribution in [0.4, 0.5) is 5.69 Å². The van der Waals surface area contributed by atoms with E-state index in [1.165, 1.54) is 0 Å². The summed E-state index contributed by atoms with van der Waals surface area (Å²) in [5.41, 5.74) is 5.44. The number of aliphatic hydroxyl groups is 1. The first-order valence-electron chi connectivity index (χ1n) is 16.5. The van der Waals surface area contributed by atoms with Crippen LogP contribution in [0.1, 0.15) is 95.8 Å². The van der Waals surface area contributed by atoms with Gasteiger partial charge in [-0.05, 0) is 75.1 Å². The molecule has 5 aliphatic rings. The van der Waals surface area contributed by atoms with Gasteiger partial charge in [-0.25, -0.2) is 0 Å². The van der Waals surface area contributed by atoms with Gasteiger partial charge in [-0.1, -0.05) is 0 Å². The van der Waals surface area contributed by atoms with Crippen molar-refractivity contribution in [2.45, 2.75) is 81.5 Å². The summed E-state index contributed by atoms with van der Waals surface area (Å²) in [6.45, 7) is 0.718. The summed E-state index contributed by atoms with van der Waals surface area (Å²) in [6.07, 6.45) is 11.5. The van der Waals surface area contributed by atoms with Crippen LogP contribution in [0.3, 0.4) is 0 Å². The third-order valence-electron chi connectivity index (χ3n) is 10.5. The zero-order chi connectivity index (χ0) is 32.0. The quantitative estimate of drug-likeness (QED) is 0.247. The van der Waals surface area contributed by atoms with E-state index in [2.05, 4.69) is 32.7 Å². The van der Waals surface area contributed by atoms with Crippen LogP contribution in [0.2, 0.25) is 0 Å². The van der Waals surface area contributed by atoms with Crippen molar-refractivity contribution in [1.82, 2.24) is 34.8 Å². The second kappa shape index (κ2) is 10.6. The van der Waals surface area contributed by atoms with Crippen LogP contribution >= 0.6 is 0 Å². The number of nitrogens with zero attached hydrogens (tertiary/aromatic N) is 6. The molecule has 0 spiro atoms. The number of fused-ring (bicyclic) bond motifs is 2. The fourth-order valence-corrected chi connectivity index (χ4v) is 7.51. The van der Waals surface area contributed by atoms with E-state index in [0.29, 0.717) is 17.9 Å². The number of nitrogens with one attached hydrogen (secondary N) is 2. The highest BCUT2D eigenvalue weighted by Gasteiger charge is 2.45. The van der Waals surface area contributed by atoms with E-state index in [-0.39, 0.29) is 36.1 Å². The highest BCUT2D eigenvalue weighted by Crippen LogP contribution is 2.46. The van der Waals surface area contributed by atoms with E-state index < -0.39 is 29.7 Å². The van der Waals surface area contributed by atoms with Crippen LogP contribution in [0.25, 0.3) is 22.2 Å². The molecule has 1 saturated heterocycles. The number of piperidine rings is 1. The maximum atomic E-state index is 13.2. The van der Waals surface area contributed by atoms with Gasteiger partial charge in [0.25, 0.3) is 11.8 Å². The summed E-state index contributed by atoms with van der Waals surface area (Å²) in [6, 6.07) is 6.76. The Morgan fingerprint density at radius 3 is 2.49 bits per heavy atom. The molecule has 4 aromatic rings. The van der Waals surface area contributed by atoms with E-state index in [0.717, 1.165) is 83.5 Å². The first-order valence-corrected chi connectivity index (χ1v) is 16.5. The summed E-state index contributed by atoms with van der Waals surface area (Å²) >= 11 is 0. The summed E-state index contributed by atoms with van der Waals surface area (Å²) in [5, 5.41) is 26.1. The van der Waals surface area contributed by atoms with E-state index in [9.17, 15) is 24.3 Å². The number of hydrogen-bond acceptors (Lipinski definition) is 9. The number of imide groups is 2. The van der Waals surface area contributed by atoms with Crippen molar-refractivity contribution in [2.24, 2.45) is 5.92 Å². The zero-order valence-corrected chi connectivity index (χ0v) is 25.6. The maximum absolute atomic E-state index is 13.2. The lowest BCUT2D eigenvalue weighted by molar-refractivity contribution is -0.136. The zero-order valence-electron chi connectivity index (χ0n) is 25.6. The summed E-state index contributed by atoms with van der Waals surface area (Å²) in [5.74, 6) is -1.13. The molecule has 5 heterocycles. The van der Waals surface area contributed by atoms with Gasteiger partial charge in [0.1, 0.15) is 6.04 Å². The molecule has 240 valence electrons. The van der Waals surface area contributed by atoms with Crippen LogP contribution in [-0.2, 0) is 9.59 Å². The Morgan fingerprint density at radius 1 is 0.915 bits per heavy atom. The van der Waals surface area contributed by atoms with Crippen molar-refractivity contribution in [3.05, 3.63) is 59.7 Å². The van der Waals surface area contributed by atoms with Gasteiger partial charge in [0.2, 0.25) is 11.8 Å². The number of amides is 4. The van der Waals surface area contributed by atoms with Crippen LogP contribution in [0.15, 0.2) is 42.9 Å². The average molecular weight is 635 g/mol. The van der Waals surface area contributed by atoms with E-state index >= 15 is 0 Å². The largest absolute Gasteiger partial charge is 0.393 e. The fraction of sp³-hybridized carbons (Fsp3) is 0.441. The molecule has 2 aliphatic heterocycles. The SMILES string of the molecule is O=C1CCC(N2C(=O)c3ccc(NC[C@H]4C[C@H](n5cc(-c6cc7c(cn6)cnn7C6CC(O)C6)c(C6CC6)n5)C4)cc3C2=O)C(=O)N1. The summed E-state index contributed by atoms with van der Waals surface area (Å²) in [4.78, 5) is 55.9. The number of aromatic nitrogens is 5. The Hall–Kier alpha value is -4.91. The van der Waals surface area contributed by atoms with Crippen molar-refractivity contribution in [2.75, 3.05) is 11.9 Å². The first kappa shape index (κ1) is 28.3. The lowest BCUT2D eigenvalue weighted by Crippen LogP contribution is -2.54. The predicted octanol–water partition coefficient (Wildman–Crippen LogP) is 3.33. The molecular formula is C34H34N8O5. The number of aliphatic hydroxyl groups excluding tert-OH is 1. The molecule has 4 amide bonds. The van der Waals surface area contributed by atoms with Gasteiger partial charge >= 0.3 is 0 Å². The third kappa shape index (κ3) is 4.74. The predicted molar refractivity (Wildman–Crippen MR) is 168 cm³/mol. The fourth-order valence-electron chi connectivity index (χ4n) is 7.51. The van der Waals surface area contributed by atoms with Crippen molar-refractivity contribution in [1.29, 1.82) is 0 Å². The molecule has 1 unspecified atom stereocenters. The highest BCUT2D eigenvalue weighted by atomic mass is 16.3. The molecular weight excluding hydrogens is 600 g/mol. The molecule has 1 atom stereocenters. The van der Waals surface area contributed by atoms with Crippen molar-refractivity contribution in [3.8, 4) is 11.3 Å². The van der Waals surface area contributed by atoms with Gasteiger partial charge < -0.3 is 10.4 Å². The molecule has 3 aliphatic carbocycles. The molecule has 13 heteroatoms. The molecule has 3 N–H and O–H groups in total. The number of pyridine rings is 1. The monoisotopic (exact) mass is 634 g/mol. The topological polar surface area (TPSA) is 164 Å². The van der Waals surface area contributed by atoms with Crippen LogP contribution in [0, 0.1) is 5.92 Å². The number of benzene rings is 1. The van der Waals surface area contributed by atoms with Crippen LogP contribution < -0.4 is 10.6 Å². The summed E-state index contributed by atoms with van der Waals surface area (Å²) < 4.78 is 4.15. The maximum Gasteiger partial charge on any atom is 0.262 e. The number of hydrogen-bond donors (Lipinski definition) is 3. The van der Waals surface area contributed by atoms with Gasteiger partial charge in [-0.15, -0.1) is 0 Å². The van der Waals surface area contributed by atoms with E-state index in [1.54, 1.807) is 18.2 Å². The standard InChI is InChI=1S/C34H34N8O5/c43-23-10-22(11-23)42-29-12-27(36-14-19(29)15-37-42)26-16-40(39-31(26)18-1-2-18)21-7-17(8-21)13-35-20-3-4-24-25(9-20)34(47)41(33(24)46)28-5-6-30(44)38-32(28)45/h3-4,9,12,14-18,21-23,28,35,43H,1-2,5-8,10-11,13H2,(H,38,44,45)/t17-,21-,22?,23?,28?. The minimum absolute atomic E-state index is 0.0899. The Kier molecular flexibility index (Phi) is 6.36. The summed E-state index contributed by atoms with van der Waals surface area (Å²) in [7, 11) is 0. The molecule has 13 nitrogen and oxygen atoms in total. The smallest absolute Gasteiger partial charge is 0.262 e. The average Bonchev–Trinajstić information content (AvgIpc) is 3.57. The Bertz CT molecular complexity index is 1980. The number of carbonyl (C=O) groups excluding carboxylic acids is 4. The van der Waals surface area contributed by atoms with E-state index in [1.807, 2.05) is 17.1 Å². The van der Waals surface area contributed by atoms with Gasteiger partial charge in [-0.2, -0.15) is 10.2 Å². The molecule has 47 heavy (non-hydrogen) atoms. The van der Waals surface area contributed by atoms with Gasteiger partial charge in [0.15, 0.2) is 0 Å². The Labute approximate surface area is 269 Å². The van der Waals surface area contributed by atoms with Gasteiger partial charge in [-0.3, -0.25) is 43.7 Å². The number of anilines is 1. The normalized spacial score (nSPS) is 27.1. The Morgan fingerprint density at radius 2 is 1.72 bits per heavy atom. The van der Waals surface area contributed by atoms with E-state index in [4.69, 9.17) is 10.1 Å². The third-order valence-corrected chi connectivity index (χ3v) is 10.5. The van der Waals surface area contributed by atoms with Gasteiger partial charge in [0, 0.05) is 47.9 Å². The van der Waals surface area contributed by atoms with Crippen LogP contribution in [-0.4, -0.2) is 76.9 Å². The Balaban J connectivity index is 0.863. The molecule has 3 aromatic heterocycles. The first-order chi connectivity index (χ1) is 22.8. The molecule has 9 rings (SSSR count). The minimum atomic E-state index is -0.976. The van der Waals surface area contributed by atoms with Crippen molar-refractivity contribution in [3.63, 3.8) is 0 Å². The minimum Gasteiger partial charge on any atom is -0.393 e. The lowest BCUT2D eigenvalue weighted by atomic mass is 9.80. The molecule has 4 fully saturated rings. The molecule has 3 saturated carbocycles. The van der Waals surface area contributed by atoms with Gasteiger partial charge in [0.05, 0.1) is 52.4 Å². The second-order valence-electron chi connectivity index (χ2n) is 13.8. The molecule has 0 radical (unpaired) electrons. The van der Waals surface area contributed by atoms with Crippen LogP contribution in [0.5, 0.6) is 0 Å². The lowest BCUT2D eigenvalue weighted by Gasteiger charge is -2.35. The molecule has 1 aromatic carbocycles. The second-order valence-corrected chi connectivity index (χ2v) is 13.8. The number of carbonyl (C=O) groups is 4.